The minimum Gasteiger partial charge on any atom is -0.339 e. The highest BCUT2D eigenvalue weighted by Gasteiger charge is 2.11. The van der Waals surface area contributed by atoms with Crippen LogP contribution >= 0.6 is 0 Å². The van der Waals surface area contributed by atoms with E-state index in [9.17, 15) is 4.79 Å². The highest BCUT2D eigenvalue weighted by Crippen LogP contribution is 2.08. The van der Waals surface area contributed by atoms with Gasteiger partial charge in [-0.3, -0.25) is 4.79 Å². The molecule has 2 heteroatoms. The second-order valence-corrected chi connectivity index (χ2v) is 4.88. The van der Waals surface area contributed by atoms with E-state index in [0.29, 0.717) is 13.0 Å². The van der Waals surface area contributed by atoms with Crippen LogP contribution in [0, 0.1) is 0 Å². The van der Waals surface area contributed by atoms with Gasteiger partial charge in [-0.1, -0.05) is 60.7 Å². The third-order valence-electron chi connectivity index (χ3n) is 3.42. The average molecular weight is 267 g/mol. The smallest absolute Gasteiger partial charge is 0.223 e. The first kappa shape index (κ1) is 14.3. The lowest BCUT2D eigenvalue weighted by atomic mass is 10.1. The van der Waals surface area contributed by atoms with Crippen molar-refractivity contribution >= 4 is 5.91 Å². The summed E-state index contributed by atoms with van der Waals surface area (Å²) < 4.78 is 0. The molecule has 0 fully saturated rings. The van der Waals surface area contributed by atoms with E-state index in [1.54, 1.807) is 0 Å². The number of benzene rings is 2. The Morgan fingerprint density at radius 3 is 2.00 bits per heavy atom. The maximum Gasteiger partial charge on any atom is 0.223 e. The van der Waals surface area contributed by atoms with E-state index in [2.05, 4.69) is 24.3 Å². The molecule has 1 amide bonds. The average Bonchev–Trinajstić information content (AvgIpc) is 2.52. The van der Waals surface area contributed by atoms with E-state index in [1.807, 2.05) is 48.2 Å². The van der Waals surface area contributed by atoms with E-state index >= 15 is 0 Å². The zero-order valence-electron chi connectivity index (χ0n) is 12.0. The molecule has 0 N–H and O–H groups in total. The quantitative estimate of drug-likeness (QED) is 0.782. The Hall–Kier alpha value is -2.09. The van der Waals surface area contributed by atoms with Gasteiger partial charge >= 0.3 is 0 Å². The minimum absolute atomic E-state index is 0.222. The van der Waals surface area contributed by atoms with Gasteiger partial charge in [0.15, 0.2) is 0 Å². The van der Waals surface area contributed by atoms with E-state index in [-0.39, 0.29) is 5.91 Å². The van der Waals surface area contributed by atoms with Crippen LogP contribution in [0.2, 0.25) is 0 Å². The third-order valence-corrected chi connectivity index (χ3v) is 3.42. The van der Waals surface area contributed by atoms with Crippen LogP contribution in [0.4, 0.5) is 0 Å². The molecule has 0 heterocycles. The number of hydrogen-bond donors (Lipinski definition) is 0. The second kappa shape index (κ2) is 7.49. The van der Waals surface area contributed by atoms with Crippen LogP contribution in [-0.4, -0.2) is 17.4 Å². The number of carbonyl (C=O) groups is 1. The largest absolute Gasteiger partial charge is 0.339 e. The Bertz CT molecular complexity index is 522. The van der Waals surface area contributed by atoms with Crippen molar-refractivity contribution in [3.63, 3.8) is 0 Å². The van der Waals surface area contributed by atoms with Gasteiger partial charge in [0.1, 0.15) is 0 Å². The molecule has 0 aliphatic heterocycles. The van der Waals surface area contributed by atoms with Crippen LogP contribution in [0.5, 0.6) is 0 Å². The van der Waals surface area contributed by atoms with Crippen LogP contribution in [0.25, 0.3) is 0 Å². The summed E-state index contributed by atoms with van der Waals surface area (Å²) in [4.78, 5) is 14.2. The molecule has 0 saturated carbocycles. The van der Waals surface area contributed by atoms with Gasteiger partial charge in [-0.15, -0.1) is 0 Å². The van der Waals surface area contributed by atoms with Gasteiger partial charge in [-0.05, 0) is 24.5 Å². The first-order chi connectivity index (χ1) is 9.79. The van der Waals surface area contributed by atoms with Crippen LogP contribution in [0.15, 0.2) is 60.7 Å². The van der Waals surface area contributed by atoms with Crippen molar-refractivity contribution in [1.82, 2.24) is 4.90 Å². The summed E-state index contributed by atoms with van der Waals surface area (Å²) in [5.74, 6) is 0.222. The molecule has 2 aromatic rings. The fourth-order valence-electron chi connectivity index (χ4n) is 2.23. The SMILES string of the molecule is CCN(Cc1ccccc1)C(=O)CCc1ccccc1. The summed E-state index contributed by atoms with van der Waals surface area (Å²) in [5.41, 5.74) is 2.40. The predicted octanol–water partition coefficient (Wildman–Crippen LogP) is 3.67. The molecule has 0 saturated heterocycles. The molecule has 0 radical (unpaired) electrons. The second-order valence-electron chi connectivity index (χ2n) is 4.88. The number of nitrogens with zero attached hydrogens (tertiary/aromatic N) is 1. The Morgan fingerprint density at radius 1 is 0.900 bits per heavy atom. The van der Waals surface area contributed by atoms with Crippen molar-refractivity contribution in [2.45, 2.75) is 26.3 Å². The molecule has 0 atom stereocenters. The van der Waals surface area contributed by atoms with Gasteiger partial charge < -0.3 is 4.90 Å². The fraction of sp³-hybridized carbons (Fsp3) is 0.278. The molecular weight excluding hydrogens is 246 g/mol. The van der Waals surface area contributed by atoms with E-state index in [1.165, 1.54) is 11.1 Å². The monoisotopic (exact) mass is 267 g/mol. The van der Waals surface area contributed by atoms with Gasteiger partial charge in [0, 0.05) is 19.5 Å². The molecule has 2 nitrogen and oxygen atoms in total. The maximum absolute atomic E-state index is 12.3. The number of hydrogen-bond acceptors (Lipinski definition) is 1. The normalized spacial score (nSPS) is 10.2. The Labute approximate surface area is 121 Å². The zero-order valence-corrected chi connectivity index (χ0v) is 12.0. The number of aryl methyl sites for hydroxylation is 1. The van der Waals surface area contributed by atoms with Crippen molar-refractivity contribution in [2.75, 3.05) is 6.54 Å². The summed E-state index contributed by atoms with van der Waals surface area (Å²) in [7, 11) is 0. The molecule has 0 aliphatic rings. The Balaban J connectivity index is 1.89. The fourth-order valence-corrected chi connectivity index (χ4v) is 2.23. The number of rotatable bonds is 6. The number of carbonyl (C=O) groups excluding carboxylic acids is 1. The molecular formula is C18H21NO. The summed E-state index contributed by atoms with van der Waals surface area (Å²) in [6.45, 7) is 3.48. The van der Waals surface area contributed by atoms with Crippen molar-refractivity contribution in [3.8, 4) is 0 Å². The van der Waals surface area contributed by atoms with Crippen LogP contribution in [0.3, 0.4) is 0 Å². The van der Waals surface area contributed by atoms with E-state index in [4.69, 9.17) is 0 Å². The highest BCUT2D eigenvalue weighted by atomic mass is 16.2. The van der Waals surface area contributed by atoms with Crippen molar-refractivity contribution in [3.05, 3.63) is 71.8 Å². The van der Waals surface area contributed by atoms with Gasteiger partial charge in [-0.2, -0.15) is 0 Å². The van der Waals surface area contributed by atoms with Crippen LogP contribution < -0.4 is 0 Å². The molecule has 0 spiro atoms. The Kier molecular flexibility index (Phi) is 5.36. The molecule has 0 unspecified atom stereocenters. The molecule has 104 valence electrons. The van der Waals surface area contributed by atoms with Crippen LogP contribution in [-0.2, 0) is 17.8 Å². The zero-order chi connectivity index (χ0) is 14.2. The Morgan fingerprint density at radius 2 is 1.45 bits per heavy atom. The van der Waals surface area contributed by atoms with Crippen LogP contribution in [0.1, 0.15) is 24.5 Å². The standard InChI is InChI=1S/C18H21NO/c1-2-19(15-17-11-7-4-8-12-17)18(20)14-13-16-9-5-3-6-10-16/h3-12H,2,13-15H2,1H3. The lowest BCUT2D eigenvalue weighted by molar-refractivity contribution is -0.131. The molecule has 2 rings (SSSR count). The molecule has 0 aromatic heterocycles. The lowest BCUT2D eigenvalue weighted by Gasteiger charge is -2.21. The topological polar surface area (TPSA) is 20.3 Å². The lowest BCUT2D eigenvalue weighted by Crippen LogP contribution is -2.30. The first-order valence-corrected chi connectivity index (χ1v) is 7.15. The molecule has 0 bridgehead atoms. The highest BCUT2D eigenvalue weighted by molar-refractivity contribution is 5.76. The minimum atomic E-state index is 0.222. The number of amides is 1. The van der Waals surface area contributed by atoms with Gasteiger partial charge in [0.05, 0.1) is 0 Å². The van der Waals surface area contributed by atoms with Crippen molar-refractivity contribution < 1.29 is 4.79 Å². The summed E-state index contributed by atoms with van der Waals surface area (Å²) >= 11 is 0. The van der Waals surface area contributed by atoms with Gasteiger partial charge in [0.2, 0.25) is 5.91 Å². The predicted molar refractivity (Wildman–Crippen MR) is 82.3 cm³/mol. The van der Waals surface area contributed by atoms with Crippen molar-refractivity contribution in [2.24, 2.45) is 0 Å². The molecule has 0 aliphatic carbocycles. The maximum atomic E-state index is 12.3. The first-order valence-electron chi connectivity index (χ1n) is 7.15. The molecule has 2 aromatic carbocycles. The van der Waals surface area contributed by atoms with E-state index in [0.717, 1.165) is 13.0 Å². The summed E-state index contributed by atoms with van der Waals surface area (Å²) in [6.07, 6.45) is 1.38. The molecule has 20 heavy (non-hydrogen) atoms. The van der Waals surface area contributed by atoms with Gasteiger partial charge in [0.25, 0.3) is 0 Å². The summed E-state index contributed by atoms with van der Waals surface area (Å²) in [6, 6.07) is 20.3. The van der Waals surface area contributed by atoms with Crippen molar-refractivity contribution in [1.29, 1.82) is 0 Å². The third kappa shape index (κ3) is 4.23. The van der Waals surface area contributed by atoms with E-state index < -0.39 is 0 Å². The summed E-state index contributed by atoms with van der Waals surface area (Å²) in [5, 5.41) is 0. The van der Waals surface area contributed by atoms with Gasteiger partial charge in [-0.25, -0.2) is 0 Å².